The van der Waals surface area contributed by atoms with Gasteiger partial charge in [0.1, 0.15) is 0 Å². The molecule has 3 heterocycles. The molecule has 1 aliphatic rings. The van der Waals surface area contributed by atoms with E-state index in [1.54, 1.807) is 42.2 Å². The molecule has 0 bridgehead atoms. The van der Waals surface area contributed by atoms with Crippen LogP contribution in [0.4, 0.5) is 0 Å². The lowest BCUT2D eigenvalue weighted by atomic mass is 10.0. The van der Waals surface area contributed by atoms with Crippen LogP contribution in [0.1, 0.15) is 28.2 Å². The number of carbonyl (C=O) groups excluding carboxylic acids is 2. The van der Waals surface area contributed by atoms with Crippen molar-refractivity contribution in [1.29, 1.82) is 0 Å². The van der Waals surface area contributed by atoms with Crippen LogP contribution in [0.25, 0.3) is 16.6 Å². The normalized spacial score (nSPS) is 18.7. The van der Waals surface area contributed by atoms with Crippen molar-refractivity contribution in [1.82, 2.24) is 19.7 Å². The first-order valence-corrected chi connectivity index (χ1v) is 9.05. The number of aryl methyl sites for hydroxylation is 1. The highest BCUT2D eigenvalue weighted by atomic mass is 16.3. The third-order valence-corrected chi connectivity index (χ3v) is 4.95. The van der Waals surface area contributed by atoms with Crippen molar-refractivity contribution in [2.45, 2.75) is 18.9 Å². The van der Waals surface area contributed by atoms with Crippen molar-refractivity contribution < 1.29 is 14.7 Å². The fourth-order valence-electron chi connectivity index (χ4n) is 3.36. The number of hydrogen-bond acceptors (Lipinski definition) is 5. The zero-order chi connectivity index (χ0) is 20.8. The minimum absolute atomic E-state index is 0.163. The minimum atomic E-state index is -1.66. The molecule has 3 N–H and O–H groups in total. The Bertz CT molecular complexity index is 1220. The molecule has 2 amide bonds. The number of benzene rings is 1. The molecule has 0 saturated carbocycles. The molecule has 1 aromatic carbocycles. The Morgan fingerprint density at radius 3 is 2.83 bits per heavy atom. The van der Waals surface area contributed by atoms with Crippen LogP contribution < -0.4 is 5.73 Å². The molecule has 1 unspecified atom stereocenters. The van der Waals surface area contributed by atoms with Crippen molar-refractivity contribution in [3.8, 4) is 17.5 Å². The monoisotopic (exact) mass is 389 g/mol. The number of likely N-dealkylation sites (N-methyl/N-ethyl adjacent to an activating group) is 1. The summed E-state index contributed by atoms with van der Waals surface area (Å²) in [4.78, 5) is 29.7. The molecule has 1 saturated heterocycles. The van der Waals surface area contributed by atoms with Crippen LogP contribution in [0, 0.1) is 18.8 Å². The van der Waals surface area contributed by atoms with Gasteiger partial charge >= 0.3 is 0 Å². The highest BCUT2D eigenvalue weighted by Crippen LogP contribution is 2.23. The minimum Gasteiger partial charge on any atom is -0.369 e. The third-order valence-electron chi connectivity index (χ3n) is 4.95. The van der Waals surface area contributed by atoms with Crippen molar-refractivity contribution in [3.05, 3.63) is 53.5 Å². The molecule has 146 valence electrons. The molecule has 1 aliphatic heterocycles. The maximum atomic E-state index is 12.1. The number of aromatic nitrogens is 3. The molecule has 0 spiro atoms. The van der Waals surface area contributed by atoms with Gasteiger partial charge in [-0.15, -0.1) is 0 Å². The summed E-state index contributed by atoms with van der Waals surface area (Å²) in [5.41, 5.74) is 6.63. The van der Waals surface area contributed by atoms with Crippen LogP contribution in [-0.2, 0) is 4.79 Å². The van der Waals surface area contributed by atoms with Crippen LogP contribution in [0.3, 0.4) is 0 Å². The molecule has 2 aromatic heterocycles. The van der Waals surface area contributed by atoms with E-state index in [2.05, 4.69) is 21.9 Å². The molecular formula is C21H19N5O3. The summed E-state index contributed by atoms with van der Waals surface area (Å²) in [5.74, 6) is 4.56. The van der Waals surface area contributed by atoms with Crippen LogP contribution in [0.15, 0.2) is 36.5 Å². The largest absolute Gasteiger partial charge is 0.369 e. The number of nitrogens with zero attached hydrogens (tertiary/aromatic N) is 4. The topological polar surface area (TPSA) is 114 Å². The molecule has 8 heteroatoms. The summed E-state index contributed by atoms with van der Waals surface area (Å²) in [6.45, 7) is 2.29. The van der Waals surface area contributed by atoms with Crippen molar-refractivity contribution in [2.24, 2.45) is 5.73 Å². The number of likely N-dealkylation sites (tertiary alicyclic amines) is 1. The Morgan fingerprint density at radius 1 is 1.34 bits per heavy atom. The third kappa shape index (κ3) is 3.22. The van der Waals surface area contributed by atoms with Crippen LogP contribution in [-0.4, -0.2) is 55.8 Å². The summed E-state index contributed by atoms with van der Waals surface area (Å²) in [7, 11) is 1.64. The standard InChI is InChI=1S/C21H19N5O3/c1-13-10-16-17(12-23-13)26(24-18(16)19(22)27)15-5-3-4-14(11-15)6-7-21(29)8-9-25(2)20(21)28/h3-5,10-12,29H,8-9H2,1-2H3,(H2,22,27). The van der Waals surface area contributed by atoms with E-state index in [1.807, 2.05) is 13.0 Å². The van der Waals surface area contributed by atoms with Gasteiger partial charge < -0.3 is 15.7 Å². The molecule has 3 aromatic rings. The molecule has 1 atom stereocenters. The molecular weight excluding hydrogens is 370 g/mol. The predicted molar refractivity (Wildman–Crippen MR) is 106 cm³/mol. The highest BCUT2D eigenvalue weighted by Gasteiger charge is 2.42. The maximum Gasteiger partial charge on any atom is 0.269 e. The molecule has 4 rings (SSSR count). The van der Waals surface area contributed by atoms with Crippen LogP contribution >= 0.6 is 0 Å². The zero-order valence-electron chi connectivity index (χ0n) is 16.0. The summed E-state index contributed by atoms with van der Waals surface area (Å²) < 4.78 is 1.58. The van der Waals surface area contributed by atoms with Gasteiger partial charge in [0.05, 0.1) is 17.4 Å². The number of primary amides is 1. The SMILES string of the molecule is Cc1cc2c(C(N)=O)nn(-c3cccc(C#CC4(O)CCN(C)C4=O)c3)c2cn1. The number of fused-ring (bicyclic) bond motifs is 1. The number of pyridine rings is 1. The molecule has 0 aliphatic carbocycles. The second-order valence-corrected chi connectivity index (χ2v) is 7.10. The second kappa shape index (κ2) is 6.72. The summed E-state index contributed by atoms with van der Waals surface area (Å²) in [6.07, 6.45) is 1.91. The lowest BCUT2D eigenvalue weighted by Gasteiger charge is -2.13. The number of nitrogens with two attached hydrogens (primary N) is 1. The Balaban J connectivity index is 1.77. The Kier molecular flexibility index (Phi) is 4.32. The fraction of sp³-hybridized carbons (Fsp3) is 0.238. The molecule has 0 radical (unpaired) electrons. The molecule has 29 heavy (non-hydrogen) atoms. The van der Waals surface area contributed by atoms with E-state index in [9.17, 15) is 14.7 Å². The van der Waals surface area contributed by atoms with Crippen molar-refractivity contribution in [3.63, 3.8) is 0 Å². The van der Waals surface area contributed by atoms with E-state index < -0.39 is 17.4 Å². The van der Waals surface area contributed by atoms with E-state index >= 15 is 0 Å². The van der Waals surface area contributed by atoms with Gasteiger partial charge in [0.25, 0.3) is 11.8 Å². The van der Waals surface area contributed by atoms with Gasteiger partial charge in [-0.3, -0.25) is 14.6 Å². The average Bonchev–Trinajstić information content (AvgIpc) is 3.20. The van der Waals surface area contributed by atoms with Crippen molar-refractivity contribution in [2.75, 3.05) is 13.6 Å². The van der Waals surface area contributed by atoms with Gasteiger partial charge in [0, 0.05) is 36.7 Å². The number of aliphatic hydroxyl groups is 1. The Hall–Kier alpha value is -3.70. The van der Waals surface area contributed by atoms with Gasteiger partial charge in [-0.25, -0.2) is 4.68 Å². The van der Waals surface area contributed by atoms with E-state index in [0.717, 1.165) is 5.69 Å². The smallest absolute Gasteiger partial charge is 0.269 e. The van der Waals surface area contributed by atoms with Crippen LogP contribution in [0.2, 0.25) is 0 Å². The first kappa shape index (κ1) is 18.7. The average molecular weight is 389 g/mol. The highest BCUT2D eigenvalue weighted by molar-refractivity contribution is 6.04. The number of rotatable bonds is 2. The van der Waals surface area contributed by atoms with E-state index in [-0.39, 0.29) is 12.1 Å². The number of amides is 2. The lowest BCUT2D eigenvalue weighted by molar-refractivity contribution is -0.137. The summed E-state index contributed by atoms with van der Waals surface area (Å²) >= 11 is 0. The van der Waals surface area contributed by atoms with E-state index in [1.165, 1.54) is 4.90 Å². The van der Waals surface area contributed by atoms with Gasteiger partial charge in [0.15, 0.2) is 5.69 Å². The summed E-state index contributed by atoms with van der Waals surface area (Å²) in [6, 6.07) is 8.89. The fourth-order valence-corrected chi connectivity index (χ4v) is 3.36. The second-order valence-electron chi connectivity index (χ2n) is 7.10. The van der Waals surface area contributed by atoms with E-state index in [0.29, 0.717) is 28.7 Å². The zero-order valence-corrected chi connectivity index (χ0v) is 16.0. The first-order valence-electron chi connectivity index (χ1n) is 9.05. The number of hydrogen-bond donors (Lipinski definition) is 2. The van der Waals surface area contributed by atoms with Crippen molar-refractivity contribution >= 4 is 22.7 Å². The maximum absolute atomic E-state index is 12.1. The number of carbonyl (C=O) groups is 2. The van der Waals surface area contributed by atoms with Gasteiger partial charge in [-0.1, -0.05) is 17.9 Å². The van der Waals surface area contributed by atoms with Gasteiger partial charge in [-0.2, -0.15) is 5.10 Å². The molecule has 8 nitrogen and oxygen atoms in total. The first-order chi connectivity index (χ1) is 13.8. The Labute approximate surface area is 166 Å². The van der Waals surface area contributed by atoms with Gasteiger partial charge in [-0.05, 0) is 31.2 Å². The van der Waals surface area contributed by atoms with Gasteiger partial charge in [0.2, 0.25) is 5.60 Å². The Morgan fingerprint density at radius 2 is 2.14 bits per heavy atom. The quantitative estimate of drug-likeness (QED) is 0.629. The van der Waals surface area contributed by atoms with Crippen LogP contribution in [0.5, 0.6) is 0 Å². The lowest BCUT2D eigenvalue weighted by Crippen LogP contribution is -2.37. The summed E-state index contributed by atoms with van der Waals surface area (Å²) in [5, 5.41) is 15.4. The van der Waals surface area contributed by atoms with E-state index in [4.69, 9.17) is 5.73 Å². The predicted octanol–water partition coefficient (Wildman–Crippen LogP) is 0.773. The molecule has 1 fully saturated rings.